The van der Waals surface area contributed by atoms with Gasteiger partial charge in [-0.3, -0.25) is 43.7 Å². The molecule has 418 valence electrons. The molecule has 9 rings (SSSR count). The number of thiazole rings is 1. The third-order valence-corrected chi connectivity index (χ3v) is 17.2. The van der Waals surface area contributed by atoms with E-state index in [1.54, 1.807) is 30.5 Å². The maximum Gasteiger partial charge on any atom is 0.413 e. The molecule has 6 amide bonds. The van der Waals surface area contributed by atoms with Gasteiger partial charge in [0.05, 0.1) is 25.2 Å². The van der Waals surface area contributed by atoms with Gasteiger partial charge in [0, 0.05) is 71.2 Å². The van der Waals surface area contributed by atoms with Crippen LogP contribution < -0.4 is 21.3 Å². The van der Waals surface area contributed by atoms with E-state index in [1.165, 1.54) is 23.5 Å². The van der Waals surface area contributed by atoms with Crippen LogP contribution in [0.2, 0.25) is 0 Å². The molecular formula is C55H60N6O17S. The highest BCUT2D eigenvalue weighted by atomic mass is 32.1. The second-order valence-electron chi connectivity index (χ2n) is 21.2. The van der Waals surface area contributed by atoms with Gasteiger partial charge in [-0.1, -0.05) is 61.9 Å². The van der Waals surface area contributed by atoms with Crippen LogP contribution in [0.1, 0.15) is 106 Å². The molecule has 2 saturated heterocycles. The largest absolute Gasteiger partial charge is 0.481 e. The molecule has 4 aliphatic carbocycles. The van der Waals surface area contributed by atoms with Crippen LogP contribution >= 0.6 is 11.3 Å². The number of Topliss-reactive ketones (excluding diaryl/α,β-unsaturated/α-hetero) is 1. The first kappa shape index (κ1) is 56.2. The Morgan fingerprint density at radius 2 is 1.63 bits per heavy atom. The van der Waals surface area contributed by atoms with Crippen molar-refractivity contribution >= 4 is 81.3 Å². The Balaban J connectivity index is 0.721. The number of carboxylic acids is 1. The van der Waals surface area contributed by atoms with E-state index in [4.69, 9.17) is 19.0 Å². The van der Waals surface area contributed by atoms with Crippen LogP contribution in [-0.2, 0) is 75.2 Å². The number of amides is 6. The number of ether oxygens (including phenoxy) is 3. The van der Waals surface area contributed by atoms with Gasteiger partial charge in [0.25, 0.3) is 11.8 Å². The van der Waals surface area contributed by atoms with Crippen LogP contribution in [0.15, 0.2) is 78.5 Å². The van der Waals surface area contributed by atoms with Crippen LogP contribution in [-0.4, -0.2) is 122 Å². The molecule has 0 bridgehead atoms. The number of allylic oxidation sites excluding steroid dienone is 4. The number of hydroxylamine groups is 2. The molecule has 79 heavy (non-hydrogen) atoms. The number of hydrogen-bond donors (Lipinski definition) is 7. The average Bonchev–Trinajstić information content (AvgIpc) is 1.98. The highest BCUT2D eigenvalue weighted by Crippen LogP contribution is 2.70. The molecule has 2 aromatic carbocycles. The van der Waals surface area contributed by atoms with Gasteiger partial charge < -0.3 is 50.3 Å². The van der Waals surface area contributed by atoms with Gasteiger partial charge in [-0.25, -0.2) is 14.6 Å². The number of aromatic nitrogens is 1. The van der Waals surface area contributed by atoms with Crippen molar-refractivity contribution in [1.82, 2.24) is 20.7 Å². The van der Waals surface area contributed by atoms with E-state index >= 15 is 0 Å². The Bertz CT molecular complexity index is 3000. The predicted octanol–water partition coefficient (Wildman–Crippen LogP) is 3.88. The van der Waals surface area contributed by atoms with E-state index in [9.17, 15) is 63.3 Å². The summed E-state index contributed by atoms with van der Waals surface area (Å²) in [6, 6.07) is 12.4. The molecular weight excluding hydrogens is 1050 g/mol. The molecule has 3 saturated carbocycles. The topological polar surface area (TPSA) is 333 Å². The maximum atomic E-state index is 14.0. The summed E-state index contributed by atoms with van der Waals surface area (Å²) in [5.41, 5.74) is 0.673. The highest BCUT2D eigenvalue weighted by Gasteiger charge is 2.76. The lowest BCUT2D eigenvalue weighted by Crippen LogP contribution is -2.63. The zero-order valence-corrected chi connectivity index (χ0v) is 44.0. The molecule has 0 spiro atoms. The van der Waals surface area contributed by atoms with Gasteiger partial charge in [-0.05, 0) is 79.4 Å². The molecule has 7 N–H and O–H groups in total. The molecule has 0 unspecified atom stereocenters. The number of rotatable bonds is 20. The summed E-state index contributed by atoms with van der Waals surface area (Å²) in [7, 11) is 0. The number of nitrogens with one attached hydrogen (secondary N) is 4. The normalized spacial score (nSPS) is 27.8. The summed E-state index contributed by atoms with van der Waals surface area (Å²) >= 11 is 1.25. The Labute approximate surface area is 456 Å². The number of fused-ring (bicyclic) bond motifs is 7. The minimum absolute atomic E-state index is 0.0317. The van der Waals surface area contributed by atoms with Gasteiger partial charge in [0.15, 0.2) is 28.6 Å². The predicted molar refractivity (Wildman–Crippen MR) is 275 cm³/mol. The van der Waals surface area contributed by atoms with Crippen molar-refractivity contribution in [3.05, 3.63) is 100 Å². The third kappa shape index (κ3) is 11.6. The summed E-state index contributed by atoms with van der Waals surface area (Å²) in [5.74, 6) is -6.58. The van der Waals surface area contributed by atoms with Crippen molar-refractivity contribution in [2.45, 2.75) is 121 Å². The first-order valence-corrected chi connectivity index (χ1v) is 26.8. The third-order valence-electron chi connectivity index (χ3n) is 16.3. The molecule has 0 radical (unpaired) electrons. The fraction of sp³-hybridized carbons (Fsp3) is 0.473. The van der Waals surface area contributed by atoms with Crippen molar-refractivity contribution in [3.8, 4) is 0 Å². The number of imide groups is 1. The molecule has 10 atom stereocenters. The molecule has 2 aliphatic heterocycles. The summed E-state index contributed by atoms with van der Waals surface area (Å²) in [6.07, 6.45) is 4.62. The van der Waals surface area contributed by atoms with Crippen molar-refractivity contribution in [2.75, 3.05) is 23.8 Å². The monoisotopic (exact) mass is 1110 g/mol. The standard InChI is InChI=1S/C55H60N6O17S/c1-53-20-19-34(63)22-32(53)9-12-36-37-23-41-55(40(65)27-62,54(37,2)24-39(64)48(36)53)77-50(76-41)31-7-3-29(4-8-31)21-35-25-57-51(79-35)60-52(74)75-28-30-5-10-33(11-6-30)58-49(73)38(13-17-46(70)71)59-43(67)26-56-42(66)14-18-47(72)78-61-44(68)15-16-45(61)69/h3-8,10-11,19-20,22,25,36-39,41,48,50,62,64H,9,12-18,21,23-24,26-28H2,1-2H3,(H,56,66)(H,58,73)(H,59,67)(H,70,71)(H,57,60,74)/t36-,37-,38-,39-,41+,48+,50-,53-,54-,55+/m0/s1. The van der Waals surface area contributed by atoms with E-state index in [0.717, 1.165) is 22.4 Å². The summed E-state index contributed by atoms with van der Waals surface area (Å²) in [4.78, 5) is 134. The molecule has 3 heterocycles. The van der Waals surface area contributed by atoms with Gasteiger partial charge in [0.1, 0.15) is 19.3 Å². The number of carbonyl (C=O) groups is 10. The number of aliphatic hydroxyl groups excluding tert-OH is 2. The lowest BCUT2D eigenvalue weighted by molar-refractivity contribution is -0.201. The number of aliphatic hydroxyl groups is 2. The van der Waals surface area contributed by atoms with Crippen molar-refractivity contribution in [3.63, 3.8) is 0 Å². The Hall–Kier alpha value is -7.51. The number of hydrogen-bond acceptors (Lipinski definition) is 18. The first-order valence-electron chi connectivity index (χ1n) is 26.0. The number of benzene rings is 2. The van der Waals surface area contributed by atoms with E-state index in [2.05, 4.69) is 33.2 Å². The lowest BCUT2D eigenvalue weighted by atomic mass is 9.46. The van der Waals surface area contributed by atoms with Crippen molar-refractivity contribution in [1.29, 1.82) is 0 Å². The van der Waals surface area contributed by atoms with Crippen LogP contribution in [0.5, 0.6) is 0 Å². The number of anilines is 2. The van der Waals surface area contributed by atoms with Crippen LogP contribution in [0, 0.1) is 28.6 Å². The number of nitrogens with zero attached hydrogens (tertiary/aromatic N) is 2. The quantitative estimate of drug-likeness (QED) is 0.0790. The number of carboxylic acid groups (broad SMARTS) is 1. The minimum atomic E-state index is -1.47. The SMILES string of the molecule is C[C@]12C=CC(=O)C=C1CC[C@@H]1[C@@H]2[C@@H](O)C[C@@]2(C)[C@H]1C[C@H]1O[C@H](c3ccc(Cc4cnc(NC(=O)OCc5ccc(NC(=O)[C@H](CCC(=O)O)NC(=O)CNC(=O)CCC(=O)ON6C(=O)CCC6=O)cc5)s4)cc3)O[C@]12C(=O)CO. The van der Waals surface area contributed by atoms with Gasteiger partial charge in [0.2, 0.25) is 17.7 Å². The molecule has 6 aliphatic rings. The zero-order chi connectivity index (χ0) is 56.4. The lowest BCUT2D eigenvalue weighted by Gasteiger charge is -2.59. The molecule has 5 fully saturated rings. The van der Waals surface area contributed by atoms with Crippen LogP contribution in [0.25, 0.3) is 0 Å². The Morgan fingerprint density at radius 3 is 2.34 bits per heavy atom. The van der Waals surface area contributed by atoms with Gasteiger partial charge >= 0.3 is 18.0 Å². The molecule has 23 nitrogen and oxygen atoms in total. The molecule has 24 heteroatoms. The average molecular weight is 1110 g/mol. The Morgan fingerprint density at radius 1 is 0.911 bits per heavy atom. The number of ketones is 2. The van der Waals surface area contributed by atoms with Crippen molar-refractivity contribution < 1.29 is 82.3 Å². The number of aliphatic carboxylic acids is 1. The summed E-state index contributed by atoms with van der Waals surface area (Å²) in [5, 5.41) is 42.1. The van der Waals surface area contributed by atoms with Crippen molar-refractivity contribution in [2.24, 2.45) is 28.6 Å². The highest BCUT2D eigenvalue weighted by molar-refractivity contribution is 7.15. The molecule has 3 aromatic rings. The second-order valence-corrected chi connectivity index (χ2v) is 22.3. The second kappa shape index (κ2) is 23.1. The van der Waals surface area contributed by atoms with E-state index in [1.807, 2.05) is 37.3 Å². The summed E-state index contributed by atoms with van der Waals surface area (Å²) < 4.78 is 18.7. The fourth-order valence-electron chi connectivity index (χ4n) is 12.5. The Kier molecular flexibility index (Phi) is 16.4. The number of carbonyl (C=O) groups excluding carboxylic acids is 9. The first-order chi connectivity index (χ1) is 37.7. The fourth-order valence-corrected chi connectivity index (χ4v) is 13.4. The molecule has 1 aromatic heterocycles. The van der Waals surface area contributed by atoms with E-state index in [0.29, 0.717) is 40.6 Å². The van der Waals surface area contributed by atoms with Gasteiger partial charge in [-0.2, -0.15) is 0 Å². The van der Waals surface area contributed by atoms with Gasteiger partial charge in [-0.15, -0.1) is 16.4 Å². The van der Waals surface area contributed by atoms with Crippen LogP contribution in [0.4, 0.5) is 15.6 Å². The smallest absolute Gasteiger partial charge is 0.413 e. The van der Waals surface area contributed by atoms with Crippen LogP contribution in [0.3, 0.4) is 0 Å². The summed E-state index contributed by atoms with van der Waals surface area (Å²) in [6.45, 7) is 2.58. The van der Waals surface area contributed by atoms with E-state index in [-0.39, 0.29) is 61.5 Å². The zero-order valence-electron chi connectivity index (χ0n) is 43.2. The maximum absolute atomic E-state index is 14.0. The van der Waals surface area contributed by atoms with E-state index < -0.39 is 127 Å². The minimum Gasteiger partial charge on any atom is -0.481 e.